The molecule has 4 rings (SSSR count). The predicted octanol–water partition coefficient (Wildman–Crippen LogP) is 6.40. The van der Waals surface area contributed by atoms with Crippen LogP contribution in [0.25, 0.3) is 0 Å². The molecule has 0 unspecified atom stereocenters. The molecule has 1 aliphatic carbocycles. The minimum Gasteiger partial charge on any atom is -0.394 e. The fourth-order valence-electron chi connectivity index (χ4n) is 3.67. The van der Waals surface area contributed by atoms with E-state index in [4.69, 9.17) is 40.5 Å². The molecule has 36 heavy (non-hydrogen) atoms. The van der Waals surface area contributed by atoms with Gasteiger partial charge in [0.05, 0.1) is 22.2 Å². The number of amides is 2. The van der Waals surface area contributed by atoms with E-state index in [1.165, 1.54) is 18.2 Å². The fraction of sp³-hybridized carbons (Fsp3) is 0.130. The molecule has 1 aliphatic rings. The Balaban J connectivity index is 1.53. The van der Waals surface area contributed by atoms with Crippen molar-refractivity contribution in [2.45, 2.75) is 10.3 Å². The van der Waals surface area contributed by atoms with Gasteiger partial charge in [-0.3, -0.25) is 9.59 Å². The van der Waals surface area contributed by atoms with Gasteiger partial charge in [0.2, 0.25) is 5.91 Å². The number of anilines is 3. The summed E-state index contributed by atoms with van der Waals surface area (Å²) in [7, 11) is 0. The Morgan fingerprint density at radius 2 is 1.50 bits per heavy atom. The van der Waals surface area contributed by atoms with Crippen molar-refractivity contribution in [2.24, 2.45) is 5.92 Å². The highest BCUT2D eigenvalue weighted by molar-refractivity contribution is 6.53. The van der Waals surface area contributed by atoms with Crippen LogP contribution in [-0.2, 0) is 4.79 Å². The quantitative estimate of drug-likeness (QED) is 0.145. The first kappa shape index (κ1) is 26.0. The third kappa shape index (κ3) is 4.68. The topological polar surface area (TPSA) is 84.2 Å². The van der Waals surface area contributed by atoms with Gasteiger partial charge >= 0.3 is 0 Å². The van der Waals surface area contributed by atoms with E-state index in [-0.39, 0.29) is 21.8 Å². The largest absolute Gasteiger partial charge is 0.394 e. The summed E-state index contributed by atoms with van der Waals surface area (Å²) < 4.78 is 66.3. The van der Waals surface area contributed by atoms with Crippen molar-refractivity contribution in [3.8, 4) is 0 Å². The second-order valence-electron chi connectivity index (χ2n) is 7.89. The van der Waals surface area contributed by atoms with E-state index < -0.39 is 68.4 Å². The number of hydrogen-bond donors (Lipinski definition) is 3. The van der Waals surface area contributed by atoms with Crippen molar-refractivity contribution in [1.82, 2.24) is 0 Å². The van der Waals surface area contributed by atoms with E-state index in [0.29, 0.717) is 12.1 Å². The van der Waals surface area contributed by atoms with Crippen molar-refractivity contribution in [3.05, 3.63) is 87.7 Å². The van der Waals surface area contributed by atoms with Gasteiger partial charge in [-0.1, -0.05) is 11.6 Å². The molecule has 0 bridgehead atoms. The van der Waals surface area contributed by atoms with Crippen molar-refractivity contribution in [1.29, 1.82) is 0 Å². The van der Waals surface area contributed by atoms with E-state index in [0.717, 1.165) is 12.1 Å². The monoisotopic (exact) mass is 563 g/mol. The first-order chi connectivity index (χ1) is 16.8. The van der Waals surface area contributed by atoms with Gasteiger partial charge in [-0.25, -0.2) is 22.0 Å². The Kier molecular flexibility index (Phi) is 6.80. The molecular weight excluding hydrogens is 552 g/mol. The molecule has 3 aromatic carbocycles. The zero-order valence-electron chi connectivity index (χ0n) is 17.6. The predicted molar refractivity (Wildman–Crippen MR) is 126 cm³/mol. The smallest absolute Gasteiger partial charge is 0.257 e. The molecule has 0 aromatic heterocycles. The Morgan fingerprint density at radius 3 is 2.14 bits per heavy atom. The van der Waals surface area contributed by atoms with Crippen LogP contribution >= 0.6 is 34.8 Å². The van der Waals surface area contributed by atoms with Gasteiger partial charge in [-0.05, 0) is 48.0 Å². The van der Waals surface area contributed by atoms with Gasteiger partial charge < -0.3 is 16.4 Å². The highest BCUT2D eigenvalue weighted by Crippen LogP contribution is 2.65. The maximum Gasteiger partial charge on any atom is 0.257 e. The van der Waals surface area contributed by atoms with Gasteiger partial charge in [0.1, 0.15) is 15.8 Å². The lowest BCUT2D eigenvalue weighted by molar-refractivity contribution is -0.117. The van der Waals surface area contributed by atoms with E-state index >= 15 is 0 Å². The number of nitrogen functional groups attached to an aromatic ring is 1. The summed E-state index contributed by atoms with van der Waals surface area (Å²) in [5.74, 6) is -10.7. The summed E-state index contributed by atoms with van der Waals surface area (Å²) in [4.78, 5) is 25.5. The molecule has 4 N–H and O–H groups in total. The summed E-state index contributed by atoms with van der Waals surface area (Å²) in [6.45, 7) is 0. The first-order valence-electron chi connectivity index (χ1n) is 10.0. The zero-order valence-corrected chi connectivity index (χ0v) is 19.9. The van der Waals surface area contributed by atoms with Crippen LogP contribution in [0.4, 0.5) is 39.0 Å². The third-order valence-corrected chi connectivity index (χ3v) is 6.82. The molecule has 13 heteroatoms. The van der Waals surface area contributed by atoms with Gasteiger partial charge in [-0.2, -0.15) is 0 Å². The lowest BCUT2D eigenvalue weighted by Gasteiger charge is -2.11. The molecule has 188 valence electrons. The summed E-state index contributed by atoms with van der Waals surface area (Å²) in [6, 6.07) is 7.00. The highest BCUT2D eigenvalue weighted by atomic mass is 35.5. The van der Waals surface area contributed by atoms with Gasteiger partial charge in [0, 0.05) is 11.6 Å². The summed E-state index contributed by atoms with van der Waals surface area (Å²) in [5, 5.41) is 4.61. The number of benzene rings is 3. The van der Waals surface area contributed by atoms with Crippen LogP contribution in [0.5, 0.6) is 0 Å². The lowest BCUT2D eigenvalue weighted by Crippen LogP contribution is -2.18. The van der Waals surface area contributed by atoms with Crippen molar-refractivity contribution in [2.75, 3.05) is 16.4 Å². The Bertz CT molecular complexity index is 1400. The average Bonchev–Trinajstić information content (AvgIpc) is 3.40. The normalized spacial score (nSPS) is 18.0. The number of carbonyl (C=O) groups excluding carboxylic acids is 2. The van der Waals surface area contributed by atoms with Gasteiger partial charge in [0.15, 0.2) is 23.3 Å². The molecule has 0 heterocycles. The number of hydrogen-bond acceptors (Lipinski definition) is 3. The Morgan fingerprint density at radius 1 is 0.861 bits per heavy atom. The standard InChI is InChI=1S/C23H13Cl3F5N3O2/c24-11-2-1-9(7-10(11)21(35)34-15-4-3-12(27)20(32)19(15)31)33-22(36)17-16(23(17,25)26)8-5-13(28)18(30)14(29)6-8/h1-7,16-17H,32H2,(H,33,36)(H,34,35)/t16-,17+/m1/s1. The third-order valence-electron chi connectivity index (χ3n) is 5.55. The molecule has 1 fully saturated rings. The van der Waals surface area contributed by atoms with Crippen molar-refractivity contribution in [3.63, 3.8) is 0 Å². The molecule has 2 atom stereocenters. The molecule has 3 aromatic rings. The van der Waals surface area contributed by atoms with Crippen molar-refractivity contribution >= 4 is 63.7 Å². The molecule has 2 amide bonds. The van der Waals surface area contributed by atoms with Crippen LogP contribution in [0.1, 0.15) is 21.8 Å². The molecular formula is C23H13Cl3F5N3O2. The van der Waals surface area contributed by atoms with Crippen LogP contribution in [0.15, 0.2) is 42.5 Å². The minimum absolute atomic E-state index is 0.0555. The second kappa shape index (κ2) is 9.42. The lowest BCUT2D eigenvalue weighted by atomic mass is 10.1. The minimum atomic E-state index is -1.74. The molecule has 0 saturated heterocycles. The Hall–Kier alpha value is -3.08. The summed E-state index contributed by atoms with van der Waals surface area (Å²) >= 11 is 18.4. The number of alkyl halides is 2. The molecule has 0 radical (unpaired) electrons. The fourth-order valence-corrected chi connectivity index (χ4v) is 4.71. The van der Waals surface area contributed by atoms with Crippen LogP contribution < -0.4 is 16.4 Å². The zero-order chi connectivity index (χ0) is 26.5. The first-order valence-corrected chi connectivity index (χ1v) is 11.1. The summed E-state index contributed by atoms with van der Waals surface area (Å²) in [5.41, 5.74) is 3.84. The summed E-state index contributed by atoms with van der Waals surface area (Å²) in [6.07, 6.45) is 0. The molecule has 0 aliphatic heterocycles. The van der Waals surface area contributed by atoms with Crippen LogP contribution in [0.3, 0.4) is 0 Å². The Labute approximate surface area is 215 Å². The average molecular weight is 565 g/mol. The van der Waals surface area contributed by atoms with E-state index in [1.54, 1.807) is 0 Å². The van der Waals surface area contributed by atoms with Crippen LogP contribution in [-0.4, -0.2) is 16.1 Å². The second-order valence-corrected chi connectivity index (χ2v) is 9.74. The number of nitrogens with one attached hydrogen (secondary N) is 2. The highest BCUT2D eigenvalue weighted by Gasteiger charge is 2.67. The SMILES string of the molecule is Nc1c(F)ccc(NC(=O)c2cc(NC(=O)[C@@H]3[C@@H](c4cc(F)c(F)c(F)c4)C3(Cl)Cl)ccc2Cl)c1F. The molecule has 1 saturated carbocycles. The maximum absolute atomic E-state index is 14.1. The van der Waals surface area contributed by atoms with E-state index in [2.05, 4.69) is 10.6 Å². The van der Waals surface area contributed by atoms with E-state index in [9.17, 15) is 31.5 Å². The number of carbonyl (C=O) groups is 2. The van der Waals surface area contributed by atoms with Gasteiger partial charge in [0.25, 0.3) is 5.91 Å². The maximum atomic E-state index is 14.1. The van der Waals surface area contributed by atoms with Crippen molar-refractivity contribution < 1.29 is 31.5 Å². The number of nitrogens with two attached hydrogens (primary N) is 1. The van der Waals surface area contributed by atoms with E-state index in [1.807, 2.05) is 0 Å². The van der Waals surface area contributed by atoms with Crippen LogP contribution in [0, 0.1) is 35.0 Å². The number of rotatable bonds is 5. The number of halogens is 8. The van der Waals surface area contributed by atoms with Gasteiger partial charge in [-0.15, -0.1) is 23.2 Å². The van der Waals surface area contributed by atoms with Crippen LogP contribution in [0.2, 0.25) is 5.02 Å². The molecule has 0 spiro atoms. The molecule has 5 nitrogen and oxygen atoms in total.